The third-order valence-electron chi connectivity index (χ3n) is 5.59. The first-order valence-electron chi connectivity index (χ1n) is 10.2. The highest BCUT2D eigenvalue weighted by atomic mass is 35.5. The molecule has 0 bridgehead atoms. The van der Waals surface area contributed by atoms with Crippen molar-refractivity contribution in [2.24, 2.45) is 0 Å². The summed E-state index contributed by atoms with van der Waals surface area (Å²) in [5, 5.41) is 14.7. The average molecular weight is 419 g/mol. The molecule has 0 aliphatic carbocycles. The third kappa shape index (κ3) is 5.56. The zero-order chi connectivity index (χ0) is 20.9. The van der Waals surface area contributed by atoms with Crippen molar-refractivity contribution in [3.05, 3.63) is 64.4 Å². The number of ketones is 1. The van der Waals surface area contributed by atoms with Crippen LogP contribution < -0.4 is 5.32 Å². The molecule has 1 heterocycles. The molecule has 0 unspecified atom stereocenters. The van der Waals surface area contributed by atoms with E-state index >= 15 is 0 Å². The van der Waals surface area contributed by atoms with Crippen LogP contribution in [0.25, 0.3) is 0 Å². The summed E-state index contributed by atoms with van der Waals surface area (Å²) in [6.07, 6.45) is 2.47. The topological polar surface area (TPSA) is 52.6 Å². The summed E-state index contributed by atoms with van der Waals surface area (Å²) in [5.74, 6) is -0.324. The molecular formula is C23H28ClFN2O2. The summed E-state index contributed by atoms with van der Waals surface area (Å²) < 4.78 is 13.4. The Bertz CT molecular complexity index is 833. The molecule has 2 N–H and O–H groups in total. The van der Waals surface area contributed by atoms with Crippen LogP contribution in [-0.2, 0) is 5.60 Å². The third-order valence-corrected chi connectivity index (χ3v) is 5.84. The molecule has 0 aromatic heterocycles. The van der Waals surface area contributed by atoms with Gasteiger partial charge in [-0.05, 0) is 68.6 Å². The van der Waals surface area contributed by atoms with Crippen molar-refractivity contribution in [3.8, 4) is 0 Å². The molecule has 0 atom stereocenters. The van der Waals surface area contributed by atoms with Gasteiger partial charge in [0.15, 0.2) is 5.78 Å². The van der Waals surface area contributed by atoms with Crippen LogP contribution in [0.5, 0.6) is 0 Å². The van der Waals surface area contributed by atoms with Crippen molar-refractivity contribution in [2.45, 2.75) is 38.2 Å². The molecule has 2 aromatic rings. The van der Waals surface area contributed by atoms with E-state index in [4.69, 9.17) is 11.6 Å². The summed E-state index contributed by atoms with van der Waals surface area (Å²) >= 11 is 5.94. The number of carbonyl (C=O) groups is 1. The minimum Gasteiger partial charge on any atom is -0.385 e. The number of nitrogens with zero attached hydrogens (tertiary/aromatic N) is 1. The summed E-state index contributed by atoms with van der Waals surface area (Å²) in [6.45, 7) is 4.92. The van der Waals surface area contributed by atoms with Gasteiger partial charge >= 0.3 is 0 Å². The van der Waals surface area contributed by atoms with E-state index in [1.807, 2.05) is 31.2 Å². The van der Waals surface area contributed by atoms with Crippen LogP contribution in [0.4, 0.5) is 10.1 Å². The van der Waals surface area contributed by atoms with Gasteiger partial charge in [-0.25, -0.2) is 4.39 Å². The number of hydrogen-bond acceptors (Lipinski definition) is 4. The van der Waals surface area contributed by atoms with E-state index in [1.165, 1.54) is 12.1 Å². The summed E-state index contributed by atoms with van der Waals surface area (Å²) in [5.41, 5.74) is 1.20. The average Bonchev–Trinajstić information content (AvgIpc) is 2.70. The first-order chi connectivity index (χ1) is 13.9. The van der Waals surface area contributed by atoms with Crippen molar-refractivity contribution in [2.75, 3.05) is 31.5 Å². The number of anilines is 1. The Morgan fingerprint density at radius 3 is 2.55 bits per heavy atom. The van der Waals surface area contributed by atoms with E-state index in [2.05, 4.69) is 10.2 Å². The minimum atomic E-state index is -0.814. The smallest absolute Gasteiger partial charge is 0.165 e. The van der Waals surface area contributed by atoms with Gasteiger partial charge in [0.05, 0.1) is 5.60 Å². The van der Waals surface area contributed by atoms with Crippen molar-refractivity contribution in [1.29, 1.82) is 0 Å². The molecule has 0 spiro atoms. The van der Waals surface area contributed by atoms with E-state index < -0.39 is 5.60 Å². The van der Waals surface area contributed by atoms with Crippen LogP contribution in [0, 0.1) is 5.82 Å². The van der Waals surface area contributed by atoms with Crippen LogP contribution >= 0.6 is 11.6 Å². The molecule has 1 fully saturated rings. The van der Waals surface area contributed by atoms with Crippen molar-refractivity contribution >= 4 is 23.1 Å². The quantitative estimate of drug-likeness (QED) is 0.601. The Hall–Kier alpha value is -1.95. The molecule has 1 aliphatic rings. The first-order valence-corrected chi connectivity index (χ1v) is 10.6. The van der Waals surface area contributed by atoms with Gasteiger partial charge in [-0.1, -0.05) is 23.7 Å². The number of rotatable bonds is 8. The Morgan fingerprint density at radius 2 is 1.90 bits per heavy atom. The van der Waals surface area contributed by atoms with Crippen LogP contribution in [0.1, 0.15) is 48.5 Å². The zero-order valence-corrected chi connectivity index (χ0v) is 17.5. The van der Waals surface area contributed by atoms with Crippen LogP contribution in [-0.4, -0.2) is 42.0 Å². The highest BCUT2D eigenvalue weighted by Gasteiger charge is 2.33. The van der Waals surface area contributed by atoms with Gasteiger partial charge in [-0.3, -0.25) is 4.79 Å². The Balaban J connectivity index is 1.48. The number of carbonyl (C=O) groups excluding carboxylic acids is 1. The number of nitrogens with one attached hydrogen (secondary N) is 1. The van der Waals surface area contributed by atoms with Crippen LogP contribution in [0.15, 0.2) is 42.5 Å². The van der Waals surface area contributed by atoms with E-state index in [1.54, 1.807) is 6.07 Å². The van der Waals surface area contributed by atoms with Gasteiger partial charge in [0.2, 0.25) is 0 Å². The number of benzene rings is 2. The number of likely N-dealkylation sites (tertiary alicyclic amines) is 1. The minimum absolute atomic E-state index is 0.0237. The van der Waals surface area contributed by atoms with E-state index in [0.717, 1.165) is 31.6 Å². The maximum Gasteiger partial charge on any atom is 0.165 e. The molecule has 6 heteroatoms. The zero-order valence-electron chi connectivity index (χ0n) is 16.8. The fourth-order valence-corrected chi connectivity index (χ4v) is 4.02. The highest BCUT2D eigenvalue weighted by Crippen LogP contribution is 2.33. The van der Waals surface area contributed by atoms with Gasteiger partial charge in [-0.2, -0.15) is 0 Å². The Kier molecular flexibility index (Phi) is 7.28. The molecule has 3 rings (SSSR count). The molecule has 156 valence electrons. The van der Waals surface area contributed by atoms with Crippen LogP contribution in [0.2, 0.25) is 5.02 Å². The van der Waals surface area contributed by atoms with Gasteiger partial charge in [0.25, 0.3) is 0 Å². The van der Waals surface area contributed by atoms with E-state index in [-0.39, 0.29) is 11.6 Å². The lowest BCUT2D eigenvalue weighted by Gasteiger charge is -2.38. The number of Topliss-reactive ketones (excluding diaryl/α,β-unsaturated/α-hetero) is 1. The number of halogens is 2. The second kappa shape index (κ2) is 9.70. The number of hydrogen-bond donors (Lipinski definition) is 2. The molecule has 2 aromatic carbocycles. The molecule has 0 amide bonds. The monoisotopic (exact) mass is 418 g/mol. The van der Waals surface area contributed by atoms with Crippen molar-refractivity contribution < 1.29 is 14.3 Å². The Morgan fingerprint density at radius 1 is 1.21 bits per heavy atom. The predicted octanol–water partition coefficient (Wildman–Crippen LogP) is 4.86. The lowest BCUT2D eigenvalue weighted by molar-refractivity contribution is -0.0260. The molecule has 29 heavy (non-hydrogen) atoms. The molecule has 4 nitrogen and oxygen atoms in total. The maximum absolute atomic E-state index is 13.4. The first kappa shape index (κ1) is 21.8. The van der Waals surface area contributed by atoms with Gasteiger partial charge in [0.1, 0.15) is 5.82 Å². The van der Waals surface area contributed by atoms with E-state index in [9.17, 15) is 14.3 Å². The standard InChI is InChI=1S/C23H28ClFN2O2/c1-2-26-21-16-19(25)9-10-20(21)22(28)4-3-13-27-14-11-23(29,12-15-27)17-5-7-18(24)8-6-17/h5-10,16,26,29H,2-4,11-15H2,1H3. The molecule has 0 saturated carbocycles. The largest absolute Gasteiger partial charge is 0.385 e. The normalized spacial score (nSPS) is 16.6. The van der Waals surface area contributed by atoms with Gasteiger partial charge in [0, 0.05) is 42.3 Å². The lowest BCUT2D eigenvalue weighted by atomic mass is 9.84. The van der Waals surface area contributed by atoms with Crippen LogP contribution in [0.3, 0.4) is 0 Å². The molecule has 1 aliphatic heterocycles. The van der Waals surface area contributed by atoms with Crippen molar-refractivity contribution in [1.82, 2.24) is 4.90 Å². The second-order valence-corrected chi connectivity index (χ2v) is 8.06. The molecule has 0 radical (unpaired) electrons. The predicted molar refractivity (Wildman–Crippen MR) is 115 cm³/mol. The number of piperidine rings is 1. The van der Waals surface area contributed by atoms with Gasteiger partial charge < -0.3 is 15.3 Å². The fourth-order valence-electron chi connectivity index (χ4n) is 3.89. The summed E-state index contributed by atoms with van der Waals surface area (Å²) in [7, 11) is 0. The van der Waals surface area contributed by atoms with Crippen molar-refractivity contribution in [3.63, 3.8) is 0 Å². The van der Waals surface area contributed by atoms with E-state index in [0.29, 0.717) is 42.1 Å². The second-order valence-electron chi connectivity index (χ2n) is 7.63. The fraction of sp³-hybridized carbons (Fsp3) is 0.435. The lowest BCUT2D eigenvalue weighted by Crippen LogP contribution is -2.42. The Labute approximate surface area is 176 Å². The SMILES string of the molecule is CCNc1cc(F)ccc1C(=O)CCCN1CCC(O)(c2ccc(Cl)cc2)CC1. The highest BCUT2D eigenvalue weighted by molar-refractivity contribution is 6.30. The van der Waals surface area contributed by atoms with Gasteiger partial charge in [-0.15, -0.1) is 0 Å². The maximum atomic E-state index is 13.4. The molecular weight excluding hydrogens is 391 g/mol. The summed E-state index contributed by atoms with van der Waals surface area (Å²) in [6, 6.07) is 11.7. The summed E-state index contributed by atoms with van der Waals surface area (Å²) in [4.78, 5) is 14.9. The molecule has 1 saturated heterocycles. The number of aliphatic hydroxyl groups is 1.